The number of rotatable bonds is 15. The maximum Gasteiger partial charge on any atom is 0.330 e. The minimum absolute atomic E-state index is 0.0749. The van der Waals surface area contributed by atoms with Gasteiger partial charge in [0.05, 0.1) is 5.41 Å². The summed E-state index contributed by atoms with van der Waals surface area (Å²) < 4.78 is 21.4. The number of carbonyl (C=O) groups excluding carboxylic acids is 3. The van der Waals surface area contributed by atoms with Gasteiger partial charge < -0.3 is 18.9 Å². The molecule has 7 heteroatoms. The molecule has 0 spiro atoms. The van der Waals surface area contributed by atoms with Crippen LogP contribution >= 0.6 is 0 Å². The second-order valence-electron chi connectivity index (χ2n) is 8.45. The van der Waals surface area contributed by atoms with Gasteiger partial charge in [-0.2, -0.15) is 0 Å². The zero-order valence-electron chi connectivity index (χ0n) is 22.5. The number of ketones is 1. The van der Waals surface area contributed by atoms with Gasteiger partial charge in [0.2, 0.25) is 0 Å². The molecule has 202 valence electrons. The van der Waals surface area contributed by atoms with Gasteiger partial charge in [-0.05, 0) is 68.2 Å². The van der Waals surface area contributed by atoms with Crippen molar-refractivity contribution in [3.63, 3.8) is 0 Å². The van der Waals surface area contributed by atoms with Crippen molar-refractivity contribution in [3.8, 4) is 11.5 Å². The van der Waals surface area contributed by atoms with Crippen LogP contribution in [0.4, 0.5) is 0 Å². The van der Waals surface area contributed by atoms with E-state index in [2.05, 4.69) is 6.58 Å². The van der Waals surface area contributed by atoms with E-state index in [0.717, 1.165) is 11.1 Å². The largest absolute Gasteiger partial charge is 0.490 e. The van der Waals surface area contributed by atoms with Crippen molar-refractivity contribution in [3.05, 3.63) is 96.1 Å². The average Bonchev–Trinajstić information content (AvgIpc) is 2.91. The van der Waals surface area contributed by atoms with E-state index in [-0.39, 0.29) is 32.2 Å². The lowest BCUT2D eigenvalue weighted by Gasteiger charge is -2.33. The lowest BCUT2D eigenvalue weighted by Crippen LogP contribution is -2.37. The number of hydrogen-bond donors (Lipinski definition) is 0. The van der Waals surface area contributed by atoms with E-state index in [1.807, 2.05) is 31.2 Å². The van der Waals surface area contributed by atoms with Crippen molar-refractivity contribution in [1.29, 1.82) is 0 Å². The van der Waals surface area contributed by atoms with Gasteiger partial charge in [-0.25, -0.2) is 9.59 Å². The van der Waals surface area contributed by atoms with Crippen LogP contribution in [0.5, 0.6) is 11.5 Å². The third-order valence-corrected chi connectivity index (χ3v) is 5.80. The Labute approximate surface area is 224 Å². The fourth-order valence-corrected chi connectivity index (χ4v) is 4.01. The molecule has 2 rings (SSSR count). The fourth-order valence-electron chi connectivity index (χ4n) is 4.01. The Bertz CT molecular complexity index is 1070. The summed E-state index contributed by atoms with van der Waals surface area (Å²) in [5.41, 5.74) is 1.14. The Kier molecular flexibility index (Phi) is 12.0. The number of ether oxygens (including phenoxy) is 4. The molecule has 2 aromatic carbocycles. The van der Waals surface area contributed by atoms with E-state index in [9.17, 15) is 14.4 Å². The van der Waals surface area contributed by atoms with Crippen LogP contribution in [0, 0.1) is 0 Å². The Morgan fingerprint density at radius 3 is 1.45 bits per heavy atom. The summed E-state index contributed by atoms with van der Waals surface area (Å²) in [5, 5.41) is 0. The highest BCUT2D eigenvalue weighted by Gasteiger charge is 2.40. The molecule has 0 aromatic heterocycles. The molecule has 0 unspecified atom stereocenters. The smallest absolute Gasteiger partial charge is 0.330 e. The summed E-state index contributed by atoms with van der Waals surface area (Å²) in [6.45, 7) is 11.8. The SMILES string of the molecule is C=C(C)C(=O)C(CC)(c1ccc(OCCOC(=O)C=CC)cc1)c1ccc(OCCOC(=O)C=CC)cc1. The van der Waals surface area contributed by atoms with Gasteiger partial charge >= 0.3 is 11.9 Å². The van der Waals surface area contributed by atoms with Crippen LogP contribution in [0.2, 0.25) is 0 Å². The van der Waals surface area contributed by atoms with Gasteiger partial charge in [0.15, 0.2) is 5.78 Å². The van der Waals surface area contributed by atoms with Crippen LogP contribution in [-0.2, 0) is 29.3 Å². The van der Waals surface area contributed by atoms with E-state index in [1.165, 1.54) is 12.2 Å². The molecule has 38 heavy (non-hydrogen) atoms. The highest BCUT2D eigenvalue weighted by Crippen LogP contribution is 2.39. The summed E-state index contributed by atoms with van der Waals surface area (Å²) >= 11 is 0. The summed E-state index contributed by atoms with van der Waals surface area (Å²) in [7, 11) is 0. The molecule has 0 amide bonds. The second-order valence-corrected chi connectivity index (χ2v) is 8.45. The molecule has 0 aliphatic carbocycles. The number of carbonyl (C=O) groups is 3. The van der Waals surface area contributed by atoms with Crippen LogP contribution in [0.15, 0.2) is 85.0 Å². The molecule has 0 aliphatic heterocycles. The maximum atomic E-state index is 13.6. The number of esters is 2. The topological polar surface area (TPSA) is 88.1 Å². The maximum absolute atomic E-state index is 13.6. The van der Waals surface area contributed by atoms with E-state index < -0.39 is 17.4 Å². The van der Waals surface area contributed by atoms with E-state index in [1.54, 1.807) is 57.2 Å². The number of allylic oxidation sites excluding steroid dienone is 3. The molecule has 0 saturated carbocycles. The first kappa shape index (κ1) is 30.1. The molecule has 0 bridgehead atoms. The van der Waals surface area contributed by atoms with Gasteiger partial charge in [-0.3, -0.25) is 4.79 Å². The predicted octanol–water partition coefficient (Wildman–Crippen LogP) is 5.52. The van der Waals surface area contributed by atoms with Crippen LogP contribution in [0.3, 0.4) is 0 Å². The average molecular weight is 521 g/mol. The monoisotopic (exact) mass is 520 g/mol. The first-order valence-electron chi connectivity index (χ1n) is 12.5. The predicted molar refractivity (Wildman–Crippen MR) is 146 cm³/mol. The van der Waals surface area contributed by atoms with Crippen molar-refractivity contribution in [1.82, 2.24) is 0 Å². The van der Waals surface area contributed by atoms with Gasteiger partial charge in [-0.1, -0.05) is 49.9 Å². The van der Waals surface area contributed by atoms with Crippen LogP contribution in [-0.4, -0.2) is 44.1 Å². The van der Waals surface area contributed by atoms with Gasteiger partial charge in [0, 0.05) is 12.2 Å². The first-order valence-corrected chi connectivity index (χ1v) is 12.5. The second kappa shape index (κ2) is 15.2. The number of Topliss-reactive ketones (excluding diaryl/α,β-unsaturated/α-hetero) is 1. The van der Waals surface area contributed by atoms with Crippen molar-refractivity contribution in [2.75, 3.05) is 26.4 Å². The summed E-state index contributed by atoms with van der Waals surface area (Å²) in [6, 6.07) is 14.7. The van der Waals surface area contributed by atoms with Crippen molar-refractivity contribution in [2.24, 2.45) is 0 Å². The number of benzene rings is 2. The lowest BCUT2D eigenvalue weighted by atomic mass is 9.68. The lowest BCUT2D eigenvalue weighted by molar-refractivity contribution is -0.139. The van der Waals surface area contributed by atoms with Crippen molar-refractivity contribution >= 4 is 17.7 Å². The molecule has 2 aromatic rings. The normalized spacial score (nSPS) is 12.6. The molecule has 0 N–H and O–H groups in total. The highest BCUT2D eigenvalue weighted by atomic mass is 16.6. The third kappa shape index (κ3) is 8.20. The molecule has 0 radical (unpaired) electrons. The molecule has 0 fully saturated rings. The molecule has 0 atom stereocenters. The van der Waals surface area contributed by atoms with Crippen LogP contribution in [0.1, 0.15) is 45.2 Å². The highest BCUT2D eigenvalue weighted by molar-refractivity contribution is 6.05. The van der Waals surface area contributed by atoms with Crippen molar-refractivity contribution < 1.29 is 33.3 Å². The Hall–Kier alpha value is -4.13. The van der Waals surface area contributed by atoms with E-state index in [0.29, 0.717) is 23.5 Å². The summed E-state index contributed by atoms with van der Waals surface area (Å²) in [4.78, 5) is 36.3. The third-order valence-electron chi connectivity index (χ3n) is 5.80. The van der Waals surface area contributed by atoms with Gasteiger partial charge in [0.25, 0.3) is 0 Å². The minimum Gasteiger partial charge on any atom is -0.490 e. The zero-order valence-corrected chi connectivity index (χ0v) is 22.5. The van der Waals surface area contributed by atoms with E-state index >= 15 is 0 Å². The zero-order chi connectivity index (χ0) is 28.0. The van der Waals surface area contributed by atoms with Crippen LogP contribution in [0.25, 0.3) is 0 Å². The molecule has 0 aliphatic rings. The minimum atomic E-state index is -0.938. The molecular formula is C31H36O7. The fraction of sp³-hybridized carbons (Fsp3) is 0.323. The summed E-state index contributed by atoms with van der Waals surface area (Å²) in [5.74, 6) is 0.294. The standard InChI is InChI=1S/C31H36O7/c1-6-9-28(32)37-21-19-35-26-15-11-24(12-16-26)31(8-3,30(34)23(4)5)25-13-17-27(18-14-25)36-20-22-38-29(33)10-7-2/h6-7,9-18H,4,8,19-22H2,1-3,5H3. The number of hydrogen-bond acceptors (Lipinski definition) is 7. The van der Waals surface area contributed by atoms with Crippen molar-refractivity contribution in [2.45, 2.75) is 39.5 Å². The Balaban J connectivity index is 2.17. The van der Waals surface area contributed by atoms with E-state index in [4.69, 9.17) is 18.9 Å². The molecule has 0 heterocycles. The molecular weight excluding hydrogens is 484 g/mol. The van der Waals surface area contributed by atoms with Gasteiger partial charge in [0.1, 0.15) is 37.9 Å². The summed E-state index contributed by atoms with van der Waals surface area (Å²) in [6.07, 6.45) is 6.43. The Morgan fingerprint density at radius 1 is 0.737 bits per heavy atom. The van der Waals surface area contributed by atoms with Gasteiger partial charge in [-0.15, -0.1) is 0 Å². The first-order chi connectivity index (χ1) is 18.3. The molecule has 7 nitrogen and oxygen atoms in total. The Morgan fingerprint density at radius 2 is 1.13 bits per heavy atom. The molecule has 0 saturated heterocycles. The quantitative estimate of drug-likeness (QED) is 0.173. The van der Waals surface area contributed by atoms with Crippen LogP contribution < -0.4 is 9.47 Å².